The number of nitrogens with one attached hydrogen (secondary N) is 2. The Morgan fingerprint density at radius 1 is 0.952 bits per heavy atom. The van der Waals surface area contributed by atoms with Crippen LogP contribution in [-0.4, -0.2) is 52.3 Å². The smallest absolute Gasteiger partial charge is 0.413 e. The first kappa shape index (κ1) is 28.2. The largest absolute Gasteiger partial charge is 0.480 e. The Kier molecular flexibility index (Phi) is 8.33. The van der Waals surface area contributed by atoms with Gasteiger partial charge in [0.15, 0.2) is 5.82 Å². The zero-order chi connectivity index (χ0) is 29.6. The molecule has 0 saturated carbocycles. The number of aromatic nitrogens is 2. The van der Waals surface area contributed by atoms with Crippen LogP contribution in [-0.2, 0) is 27.7 Å². The van der Waals surface area contributed by atoms with Crippen molar-refractivity contribution in [3.63, 3.8) is 0 Å². The van der Waals surface area contributed by atoms with Crippen LogP contribution in [0, 0.1) is 0 Å². The third kappa shape index (κ3) is 6.17. The molecule has 10 heteroatoms. The van der Waals surface area contributed by atoms with Gasteiger partial charge in [-0.15, -0.1) is 0 Å². The highest BCUT2D eigenvalue weighted by atomic mass is 16.6. The highest BCUT2D eigenvalue weighted by molar-refractivity contribution is 5.89. The fourth-order valence-corrected chi connectivity index (χ4v) is 5.10. The second kappa shape index (κ2) is 12.4. The lowest BCUT2D eigenvalue weighted by atomic mass is 9.98. The summed E-state index contributed by atoms with van der Waals surface area (Å²) in [5.41, 5.74) is 6.46. The van der Waals surface area contributed by atoms with E-state index in [0.717, 1.165) is 27.8 Å². The number of hydrogen-bond acceptors (Lipinski definition) is 6. The minimum absolute atomic E-state index is 0.0475. The molecule has 2 amide bonds. The Hall–Kier alpha value is -5.38. The summed E-state index contributed by atoms with van der Waals surface area (Å²) in [7, 11) is 1.73. The molecule has 0 fully saturated rings. The van der Waals surface area contributed by atoms with Gasteiger partial charge in [-0.3, -0.25) is 10.00 Å². The van der Waals surface area contributed by atoms with Gasteiger partial charge in [-0.1, -0.05) is 85.5 Å². The quantitative estimate of drug-likeness (QED) is 0.220. The molecule has 5 rings (SSSR count). The van der Waals surface area contributed by atoms with E-state index >= 15 is 0 Å². The number of fused-ring (bicyclic) bond motifs is 3. The van der Waals surface area contributed by atoms with Gasteiger partial charge in [-0.2, -0.15) is 5.10 Å². The predicted molar refractivity (Wildman–Crippen MR) is 157 cm³/mol. The molecule has 3 aromatic carbocycles. The molecule has 0 aliphatic heterocycles. The molecule has 3 N–H and O–H groups in total. The van der Waals surface area contributed by atoms with Crippen molar-refractivity contribution in [1.82, 2.24) is 15.1 Å². The van der Waals surface area contributed by atoms with E-state index in [0.29, 0.717) is 16.9 Å². The number of aryl methyl sites for hydroxylation is 1. The van der Waals surface area contributed by atoms with Crippen molar-refractivity contribution in [1.29, 1.82) is 0 Å². The van der Waals surface area contributed by atoms with Crippen molar-refractivity contribution in [2.75, 3.05) is 18.5 Å². The molecule has 1 heterocycles. The van der Waals surface area contributed by atoms with E-state index in [1.165, 1.54) is 6.08 Å². The average molecular weight is 567 g/mol. The van der Waals surface area contributed by atoms with Crippen LogP contribution in [0.4, 0.5) is 15.4 Å². The molecule has 0 bridgehead atoms. The number of carboxylic acid groups (broad SMARTS) is 1. The number of amides is 2. The SMILES string of the molecule is C=CCOC(=O)Nc1nn(C)cc1-c1ccc(C[C@H](NC(=O)OCC2c3ccccc3-c3ccccc32)C(=O)O)cc1. The zero-order valence-electron chi connectivity index (χ0n) is 22.9. The summed E-state index contributed by atoms with van der Waals surface area (Å²) in [4.78, 5) is 36.7. The van der Waals surface area contributed by atoms with E-state index in [9.17, 15) is 19.5 Å². The molecule has 42 heavy (non-hydrogen) atoms. The van der Waals surface area contributed by atoms with E-state index < -0.39 is 24.2 Å². The maximum atomic E-state index is 12.7. The Morgan fingerprint density at radius 2 is 1.60 bits per heavy atom. The number of anilines is 1. The molecule has 0 spiro atoms. The number of rotatable bonds is 10. The van der Waals surface area contributed by atoms with Crippen molar-refractivity contribution >= 4 is 24.0 Å². The second-order valence-corrected chi connectivity index (χ2v) is 9.84. The Bertz CT molecular complexity index is 1580. The number of carboxylic acids is 1. The number of hydrogen-bond donors (Lipinski definition) is 3. The Morgan fingerprint density at radius 3 is 2.21 bits per heavy atom. The number of alkyl carbamates (subject to hydrolysis) is 1. The maximum Gasteiger partial charge on any atom is 0.413 e. The summed E-state index contributed by atoms with van der Waals surface area (Å²) in [6.07, 6.45) is 1.80. The molecular weight excluding hydrogens is 536 g/mol. The van der Waals surface area contributed by atoms with Crippen LogP contribution >= 0.6 is 0 Å². The first-order chi connectivity index (χ1) is 20.3. The molecule has 1 atom stereocenters. The predicted octanol–water partition coefficient (Wildman–Crippen LogP) is 5.36. The lowest BCUT2D eigenvalue weighted by molar-refractivity contribution is -0.139. The third-order valence-corrected chi connectivity index (χ3v) is 7.02. The highest BCUT2D eigenvalue weighted by Gasteiger charge is 2.30. The van der Waals surface area contributed by atoms with Crippen molar-refractivity contribution in [2.45, 2.75) is 18.4 Å². The van der Waals surface area contributed by atoms with Gasteiger partial charge in [0.25, 0.3) is 0 Å². The zero-order valence-corrected chi connectivity index (χ0v) is 22.9. The van der Waals surface area contributed by atoms with Crippen LogP contribution in [0.3, 0.4) is 0 Å². The van der Waals surface area contributed by atoms with Gasteiger partial charge >= 0.3 is 18.2 Å². The Balaban J connectivity index is 1.22. The van der Waals surface area contributed by atoms with Crippen LogP contribution < -0.4 is 10.6 Å². The van der Waals surface area contributed by atoms with E-state index in [4.69, 9.17) is 9.47 Å². The Labute approximate surface area is 242 Å². The molecule has 1 aliphatic rings. The van der Waals surface area contributed by atoms with Crippen molar-refractivity contribution in [3.8, 4) is 22.3 Å². The third-order valence-electron chi connectivity index (χ3n) is 7.02. The lowest BCUT2D eigenvalue weighted by Gasteiger charge is -2.17. The number of benzene rings is 3. The fraction of sp³-hybridized carbons (Fsp3) is 0.188. The van der Waals surface area contributed by atoms with E-state index in [1.54, 1.807) is 42.2 Å². The number of nitrogens with zero attached hydrogens (tertiary/aromatic N) is 2. The summed E-state index contributed by atoms with van der Waals surface area (Å²) >= 11 is 0. The van der Waals surface area contributed by atoms with E-state index in [1.807, 2.05) is 48.5 Å². The second-order valence-electron chi connectivity index (χ2n) is 9.84. The molecule has 0 radical (unpaired) electrons. The number of ether oxygens (including phenoxy) is 2. The van der Waals surface area contributed by atoms with Crippen molar-refractivity contribution < 1.29 is 29.0 Å². The van der Waals surface area contributed by atoms with E-state index in [-0.39, 0.29) is 25.6 Å². The van der Waals surface area contributed by atoms with Gasteiger partial charge in [0.05, 0.1) is 0 Å². The van der Waals surface area contributed by atoms with Crippen molar-refractivity contribution in [3.05, 3.63) is 108 Å². The molecule has 0 unspecified atom stereocenters. The van der Waals surface area contributed by atoms with Crippen LogP contribution in [0.25, 0.3) is 22.3 Å². The topological polar surface area (TPSA) is 132 Å². The highest BCUT2D eigenvalue weighted by Crippen LogP contribution is 2.44. The fourth-order valence-electron chi connectivity index (χ4n) is 5.10. The molecule has 1 aromatic heterocycles. The van der Waals surface area contributed by atoms with Crippen LogP contribution in [0.1, 0.15) is 22.6 Å². The average Bonchev–Trinajstić information content (AvgIpc) is 3.51. The number of aliphatic carboxylic acids is 1. The molecule has 214 valence electrons. The van der Waals surface area contributed by atoms with Crippen LogP contribution in [0.2, 0.25) is 0 Å². The van der Waals surface area contributed by atoms with Crippen LogP contribution in [0.5, 0.6) is 0 Å². The first-order valence-electron chi connectivity index (χ1n) is 13.4. The monoisotopic (exact) mass is 566 g/mol. The first-order valence-corrected chi connectivity index (χ1v) is 13.4. The molecule has 1 aliphatic carbocycles. The summed E-state index contributed by atoms with van der Waals surface area (Å²) in [5.74, 6) is -0.987. The summed E-state index contributed by atoms with van der Waals surface area (Å²) < 4.78 is 12.1. The summed E-state index contributed by atoms with van der Waals surface area (Å²) in [5, 5.41) is 19.2. The normalized spacial score (nSPS) is 12.5. The van der Waals surface area contributed by atoms with Gasteiger partial charge in [0.1, 0.15) is 19.3 Å². The molecule has 0 saturated heterocycles. The summed E-state index contributed by atoms with van der Waals surface area (Å²) in [6, 6.07) is 21.9. The van der Waals surface area contributed by atoms with Gasteiger partial charge in [-0.05, 0) is 33.4 Å². The van der Waals surface area contributed by atoms with Gasteiger partial charge < -0.3 is 19.9 Å². The number of carbonyl (C=O) groups excluding carboxylic acids is 2. The molecular formula is C32H30N4O6. The molecule has 10 nitrogen and oxygen atoms in total. The van der Waals surface area contributed by atoms with E-state index in [2.05, 4.69) is 22.3 Å². The summed E-state index contributed by atoms with van der Waals surface area (Å²) in [6.45, 7) is 3.67. The minimum Gasteiger partial charge on any atom is -0.480 e. The van der Waals surface area contributed by atoms with Crippen molar-refractivity contribution in [2.24, 2.45) is 7.05 Å². The van der Waals surface area contributed by atoms with Gasteiger partial charge in [-0.25, -0.2) is 14.4 Å². The minimum atomic E-state index is -1.19. The van der Waals surface area contributed by atoms with Gasteiger partial charge in [0, 0.05) is 31.1 Å². The number of carbonyl (C=O) groups is 3. The van der Waals surface area contributed by atoms with Gasteiger partial charge in [0.2, 0.25) is 0 Å². The molecule has 4 aromatic rings. The lowest BCUT2D eigenvalue weighted by Crippen LogP contribution is -2.42. The van der Waals surface area contributed by atoms with Crippen LogP contribution in [0.15, 0.2) is 91.6 Å². The maximum absolute atomic E-state index is 12.7. The standard InChI is InChI=1S/C32H30N4O6/c1-3-16-41-32(40)34-29-26(18-36(2)35-29)21-14-12-20(13-15-21)17-28(30(37)38)33-31(39)42-19-27-24-10-6-4-8-22(24)23-9-5-7-11-25(23)27/h3-15,18,27-28H,1,16-17,19H2,2H3,(H,33,39)(H,37,38)(H,34,35,40)/t28-/m0/s1.